The highest BCUT2D eigenvalue weighted by Crippen LogP contribution is 2.18. The second-order valence-corrected chi connectivity index (χ2v) is 5.68. The first kappa shape index (κ1) is 16.1. The monoisotopic (exact) mass is 330 g/mol. The first-order valence-electron chi connectivity index (χ1n) is 7.52. The van der Waals surface area contributed by atoms with Crippen LogP contribution in [-0.2, 0) is 4.84 Å². The van der Waals surface area contributed by atoms with E-state index in [0.29, 0.717) is 24.2 Å². The van der Waals surface area contributed by atoms with Crippen molar-refractivity contribution in [1.29, 1.82) is 0 Å². The number of oxime groups is 1. The van der Waals surface area contributed by atoms with Gasteiger partial charge >= 0.3 is 0 Å². The van der Waals surface area contributed by atoms with Crippen LogP contribution in [0.25, 0.3) is 0 Å². The van der Waals surface area contributed by atoms with E-state index in [1.54, 1.807) is 25.2 Å². The van der Waals surface area contributed by atoms with E-state index in [1.807, 2.05) is 0 Å². The number of halogens is 2. The van der Waals surface area contributed by atoms with Crippen LogP contribution < -0.4 is 0 Å². The molecular weight excluding hydrogens is 314 g/mol. The lowest BCUT2D eigenvalue weighted by atomic mass is 10.0. The molecule has 0 saturated heterocycles. The van der Waals surface area contributed by atoms with Crippen LogP contribution in [0.3, 0.4) is 0 Å². The van der Waals surface area contributed by atoms with E-state index in [0.717, 1.165) is 0 Å². The SMILES string of the molecule is CN(C[C@H]1CC(c2cccc(F)c2)=NO1)C(=O)c1cccc(F)c1. The summed E-state index contributed by atoms with van der Waals surface area (Å²) in [5, 5.41) is 3.98. The minimum absolute atomic E-state index is 0.279. The molecule has 6 heteroatoms. The minimum atomic E-state index is -0.455. The molecule has 2 aromatic rings. The van der Waals surface area contributed by atoms with Crippen molar-refractivity contribution in [1.82, 2.24) is 4.90 Å². The van der Waals surface area contributed by atoms with E-state index < -0.39 is 5.82 Å². The zero-order valence-electron chi connectivity index (χ0n) is 13.1. The summed E-state index contributed by atoms with van der Waals surface area (Å²) in [6, 6.07) is 11.7. The Morgan fingerprint density at radius 2 is 1.92 bits per heavy atom. The molecule has 0 unspecified atom stereocenters. The highest BCUT2D eigenvalue weighted by Gasteiger charge is 2.25. The summed E-state index contributed by atoms with van der Waals surface area (Å²) >= 11 is 0. The summed E-state index contributed by atoms with van der Waals surface area (Å²) in [5.41, 5.74) is 1.59. The second kappa shape index (κ2) is 6.78. The zero-order valence-corrected chi connectivity index (χ0v) is 13.1. The molecule has 0 spiro atoms. The van der Waals surface area contributed by atoms with Gasteiger partial charge in [0.25, 0.3) is 5.91 Å². The van der Waals surface area contributed by atoms with Gasteiger partial charge in [-0.2, -0.15) is 0 Å². The van der Waals surface area contributed by atoms with Crippen LogP contribution in [0.4, 0.5) is 8.78 Å². The molecule has 3 rings (SSSR count). The molecule has 0 radical (unpaired) electrons. The predicted octanol–water partition coefficient (Wildman–Crippen LogP) is 3.23. The Balaban J connectivity index is 1.61. The first-order valence-corrected chi connectivity index (χ1v) is 7.52. The molecule has 0 aromatic heterocycles. The Kier molecular flexibility index (Phi) is 4.55. The Labute approximate surface area is 138 Å². The Morgan fingerprint density at radius 3 is 2.62 bits per heavy atom. The maximum Gasteiger partial charge on any atom is 0.253 e. The Hall–Kier alpha value is -2.76. The molecule has 0 aliphatic carbocycles. The van der Waals surface area contributed by atoms with Gasteiger partial charge in [0.1, 0.15) is 11.6 Å². The van der Waals surface area contributed by atoms with Gasteiger partial charge in [0, 0.05) is 24.6 Å². The van der Waals surface area contributed by atoms with Crippen molar-refractivity contribution >= 4 is 11.6 Å². The number of rotatable bonds is 4. The summed E-state index contributed by atoms with van der Waals surface area (Å²) in [6.45, 7) is 0.303. The molecule has 0 fully saturated rings. The zero-order chi connectivity index (χ0) is 17.1. The molecule has 1 heterocycles. The quantitative estimate of drug-likeness (QED) is 0.864. The van der Waals surface area contributed by atoms with E-state index in [9.17, 15) is 13.6 Å². The maximum absolute atomic E-state index is 13.3. The van der Waals surface area contributed by atoms with Crippen LogP contribution >= 0.6 is 0 Å². The lowest BCUT2D eigenvalue weighted by Gasteiger charge is -2.20. The third-order valence-electron chi connectivity index (χ3n) is 3.79. The van der Waals surface area contributed by atoms with Gasteiger partial charge in [-0.15, -0.1) is 0 Å². The molecule has 1 atom stereocenters. The molecular formula is C18H16F2N2O2. The Morgan fingerprint density at radius 1 is 1.21 bits per heavy atom. The molecule has 1 aliphatic rings. The summed E-state index contributed by atoms with van der Waals surface area (Å²) < 4.78 is 26.5. The van der Waals surface area contributed by atoms with Crippen molar-refractivity contribution in [3.8, 4) is 0 Å². The molecule has 2 aromatic carbocycles. The minimum Gasteiger partial charge on any atom is -0.390 e. The number of benzene rings is 2. The molecule has 24 heavy (non-hydrogen) atoms. The van der Waals surface area contributed by atoms with Crippen LogP contribution in [0.2, 0.25) is 0 Å². The molecule has 4 nitrogen and oxygen atoms in total. The van der Waals surface area contributed by atoms with Gasteiger partial charge in [-0.3, -0.25) is 4.79 Å². The lowest BCUT2D eigenvalue weighted by Crippen LogP contribution is -2.34. The summed E-state index contributed by atoms with van der Waals surface area (Å²) in [6.07, 6.45) is 0.162. The van der Waals surface area contributed by atoms with Crippen molar-refractivity contribution in [2.75, 3.05) is 13.6 Å². The number of amides is 1. The first-order chi connectivity index (χ1) is 11.5. The standard InChI is InChI=1S/C18H16F2N2O2/c1-22(18(23)13-5-3-7-15(20)9-13)11-16-10-17(21-24-16)12-4-2-6-14(19)8-12/h2-9,16H,10-11H2,1H3/t16-/m1/s1. The summed E-state index contributed by atoms with van der Waals surface area (Å²) in [4.78, 5) is 19.1. The molecule has 124 valence electrons. The van der Waals surface area contributed by atoms with Gasteiger partial charge in [0.2, 0.25) is 0 Å². The molecule has 1 aliphatic heterocycles. The van der Waals surface area contributed by atoms with Crippen molar-refractivity contribution in [3.05, 3.63) is 71.3 Å². The van der Waals surface area contributed by atoms with E-state index in [2.05, 4.69) is 5.16 Å². The number of hydrogen-bond acceptors (Lipinski definition) is 3. The van der Waals surface area contributed by atoms with Crippen LogP contribution in [0, 0.1) is 11.6 Å². The number of carbonyl (C=O) groups is 1. The largest absolute Gasteiger partial charge is 0.390 e. The number of nitrogens with zero attached hydrogens (tertiary/aromatic N) is 2. The van der Waals surface area contributed by atoms with Gasteiger partial charge < -0.3 is 9.74 Å². The van der Waals surface area contributed by atoms with Crippen LogP contribution in [0.1, 0.15) is 22.3 Å². The molecule has 0 bridgehead atoms. The van der Waals surface area contributed by atoms with Gasteiger partial charge in [-0.25, -0.2) is 8.78 Å². The van der Waals surface area contributed by atoms with Gasteiger partial charge in [-0.1, -0.05) is 23.4 Å². The number of hydrogen-bond donors (Lipinski definition) is 0. The third kappa shape index (κ3) is 3.59. The van der Waals surface area contributed by atoms with Crippen LogP contribution in [-0.4, -0.2) is 36.2 Å². The normalized spacial score (nSPS) is 16.5. The highest BCUT2D eigenvalue weighted by atomic mass is 19.1. The van der Waals surface area contributed by atoms with Crippen molar-refractivity contribution in [2.24, 2.45) is 5.16 Å². The van der Waals surface area contributed by atoms with Crippen LogP contribution in [0.5, 0.6) is 0 Å². The predicted molar refractivity (Wildman–Crippen MR) is 85.8 cm³/mol. The second-order valence-electron chi connectivity index (χ2n) is 5.68. The highest BCUT2D eigenvalue weighted by molar-refractivity contribution is 6.01. The molecule has 1 amide bonds. The van der Waals surface area contributed by atoms with E-state index in [1.165, 1.54) is 35.2 Å². The smallest absolute Gasteiger partial charge is 0.253 e. The summed E-state index contributed by atoms with van der Waals surface area (Å²) in [5.74, 6) is -1.09. The average Bonchev–Trinajstić information content (AvgIpc) is 3.02. The maximum atomic E-state index is 13.3. The Bertz CT molecular complexity index is 792. The third-order valence-corrected chi connectivity index (χ3v) is 3.79. The topological polar surface area (TPSA) is 41.9 Å². The molecule has 0 saturated carbocycles. The number of likely N-dealkylation sites (N-methyl/N-ethyl adjacent to an activating group) is 1. The van der Waals surface area contributed by atoms with Gasteiger partial charge in [-0.05, 0) is 30.3 Å². The van der Waals surface area contributed by atoms with E-state index in [4.69, 9.17) is 4.84 Å². The average molecular weight is 330 g/mol. The van der Waals surface area contributed by atoms with Crippen molar-refractivity contribution in [3.63, 3.8) is 0 Å². The van der Waals surface area contributed by atoms with E-state index in [-0.39, 0.29) is 23.4 Å². The lowest BCUT2D eigenvalue weighted by molar-refractivity contribution is 0.0482. The van der Waals surface area contributed by atoms with Gasteiger partial charge in [0.05, 0.1) is 12.3 Å². The fourth-order valence-electron chi connectivity index (χ4n) is 2.60. The van der Waals surface area contributed by atoms with Crippen molar-refractivity contribution < 1.29 is 18.4 Å². The fraction of sp³-hybridized carbons (Fsp3) is 0.222. The summed E-state index contributed by atoms with van der Waals surface area (Å²) in [7, 11) is 1.62. The number of carbonyl (C=O) groups excluding carboxylic acids is 1. The fourth-order valence-corrected chi connectivity index (χ4v) is 2.60. The van der Waals surface area contributed by atoms with Crippen LogP contribution in [0.15, 0.2) is 53.7 Å². The van der Waals surface area contributed by atoms with Crippen molar-refractivity contribution in [2.45, 2.75) is 12.5 Å². The van der Waals surface area contributed by atoms with E-state index >= 15 is 0 Å². The molecule has 0 N–H and O–H groups in total. The van der Waals surface area contributed by atoms with Gasteiger partial charge in [0.15, 0.2) is 6.10 Å².